The molecule has 0 aliphatic carbocycles. The molecule has 1 N–H and O–H groups in total. The van der Waals surface area contributed by atoms with Crippen LogP contribution < -0.4 is 5.56 Å². The number of hydrogen-bond donors (Lipinski definition) is 1. The van der Waals surface area contributed by atoms with Crippen LogP contribution in [-0.4, -0.2) is 27.8 Å². The van der Waals surface area contributed by atoms with Crippen LogP contribution in [0.15, 0.2) is 34.0 Å². The van der Waals surface area contributed by atoms with Crippen LogP contribution in [0.3, 0.4) is 0 Å². The third-order valence-corrected chi connectivity index (χ3v) is 9.08. The van der Waals surface area contributed by atoms with Crippen LogP contribution in [0.1, 0.15) is 26.5 Å². The van der Waals surface area contributed by atoms with Crippen molar-refractivity contribution in [2.45, 2.75) is 45.5 Å². The lowest BCUT2D eigenvalue weighted by Gasteiger charge is -2.35. The Kier molecular flexibility index (Phi) is 3.96. The Morgan fingerprint density at radius 1 is 1.29 bits per heavy atom. The number of nitrogens with zero attached hydrogens (tertiary/aromatic N) is 3. The molecular formula is C16H22N4O3Si. The first-order valence-electron chi connectivity index (χ1n) is 7.83. The van der Waals surface area contributed by atoms with Gasteiger partial charge >= 0.3 is 0 Å². The smallest absolute Gasteiger partial charge is 0.278 e. The van der Waals surface area contributed by atoms with Gasteiger partial charge in [0.25, 0.3) is 5.56 Å². The summed E-state index contributed by atoms with van der Waals surface area (Å²) in [6.07, 6.45) is 2.89. The maximum atomic E-state index is 11.7. The number of furan rings is 1. The van der Waals surface area contributed by atoms with Crippen LogP contribution in [0.2, 0.25) is 18.1 Å². The summed E-state index contributed by atoms with van der Waals surface area (Å²) in [5.41, 5.74) is 0.477. The summed E-state index contributed by atoms with van der Waals surface area (Å²) in [7, 11) is -1.83. The molecule has 8 heteroatoms. The molecule has 0 aromatic carbocycles. The van der Waals surface area contributed by atoms with Crippen molar-refractivity contribution in [1.82, 2.24) is 19.5 Å². The van der Waals surface area contributed by atoms with Gasteiger partial charge in [-0.15, -0.1) is 0 Å². The monoisotopic (exact) mass is 346 g/mol. The quantitative estimate of drug-likeness (QED) is 0.733. The third kappa shape index (κ3) is 2.94. The molecule has 3 heterocycles. The number of hydrogen-bond acceptors (Lipinski definition) is 5. The molecule has 0 fully saturated rings. The number of H-pyrrole nitrogens is 1. The van der Waals surface area contributed by atoms with E-state index in [1.54, 1.807) is 4.57 Å². The van der Waals surface area contributed by atoms with Gasteiger partial charge in [-0.1, -0.05) is 20.8 Å². The van der Waals surface area contributed by atoms with Gasteiger partial charge in [0.2, 0.25) is 5.88 Å². The topological polar surface area (TPSA) is 85.9 Å². The molecule has 128 valence electrons. The molecule has 24 heavy (non-hydrogen) atoms. The molecule has 0 unspecified atom stereocenters. The van der Waals surface area contributed by atoms with E-state index >= 15 is 0 Å². The van der Waals surface area contributed by atoms with E-state index in [0.29, 0.717) is 18.1 Å². The van der Waals surface area contributed by atoms with Gasteiger partial charge in [0.1, 0.15) is 12.1 Å². The highest BCUT2D eigenvalue weighted by Crippen LogP contribution is 2.37. The largest absolute Gasteiger partial charge is 0.442 e. The number of fused-ring (bicyclic) bond motifs is 1. The van der Waals surface area contributed by atoms with Crippen molar-refractivity contribution in [2.24, 2.45) is 0 Å². The number of aromatic amines is 1. The fourth-order valence-corrected chi connectivity index (χ4v) is 2.98. The zero-order chi connectivity index (χ0) is 17.5. The highest BCUT2D eigenvalue weighted by atomic mass is 28.4. The second-order valence-electron chi connectivity index (χ2n) is 7.31. The molecule has 0 spiro atoms. The highest BCUT2D eigenvalue weighted by molar-refractivity contribution is 6.74. The molecular weight excluding hydrogens is 324 g/mol. The molecule has 0 saturated carbocycles. The van der Waals surface area contributed by atoms with Crippen LogP contribution in [-0.2, 0) is 11.0 Å². The normalized spacial score (nSPS) is 12.9. The summed E-state index contributed by atoms with van der Waals surface area (Å²) in [4.78, 5) is 22.5. The van der Waals surface area contributed by atoms with Gasteiger partial charge in [-0.25, -0.2) is 9.97 Å². The fraction of sp³-hybridized carbons (Fsp3) is 0.438. The first-order valence-corrected chi connectivity index (χ1v) is 10.7. The predicted molar refractivity (Wildman–Crippen MR) is 93.7 cm³/mol. The molecule has 3 rings (SSSR count). The minimum absolute atomic E-state index is 0.147. The maximum Gasteiger partial charge on any atom is 0.278 e. The number of imidazole rings is 1. The van der Waals surface area contributed by atoms with Gasteiger partial charge in [-0.05, 0) is 24.2 Å². The van der Waals surface area contributed by atoms with Gasteiger partial charge < -0.3 is 13.8 Å². The Morgan fingerprint density at radius 2 is 2.04 bits per heavy atom. The van der Waals surface area contributed by atoms with Gasteiger partial charge in [0.05, 0.1) is 12.9 Å². The van der Waals surface area contributed by atoms with E-state index in [2.05, 4.69) is 48.8 Å². The summed E-state index contributed by atoms with van der Waals surface area (Å²) in [5, 5.41) is 0.147. The molecule has 3 aromatic heterocycles. The zero-order valence-electron chi connectivity index (χ0n) is 14.6. The van der Waals surface area contributed by atoms with Crippen LogP contribution in [0, 0.1) is 0 Å². The van der Waals surface area contributed by atoms with Crippen LogP contribution in [0.4, 0.5) is 0 Å². The Balaban J connectivity index is 1.83. The predicted octanol–water partition coefficient (Wildman–Crippen LogP) is 3.22. The molecule has 0 saturated heterocycles. The van der Waals surface area contributed by atoms with E-state index in [9.17, 15) is 4.79 Å². The maximum absolute atomic E-state index is 11.7. The summed E-state index contributed by atoms with van der Waals surface area (Å²) in [6.45, 7) is 11.4. The van der Waals surface area contributed by atoms with Crippen molar-refractivity contribution in [3.05, 3.63) is 40.9 Å². The number of aromatic nitrogens is 4. The van der Waals surface area contributed by atoms with E-state index in [-0.39, 0.29) is 16.1 Å². The standard InChI is InChI=1S/C16H22N4O3Si/c1-16(2,3)24(4,5)22-8-11-6-7-12(23-11)20-10-19-13-14(20)17-9-18-15(13)21/h6-7,9-10H,8H2,1-5H3,(H,17,18,21). The average molecular weight is 346 g/mol. The van der Waals surface area contributed by atoms with Crippen molar-refractivity contribution >= 4 is 19.5 Å². The molecule has 0 radical (unpaired) electrons. The average Bonchev–Trinajstić information content (AvgIpc) is 3.10. The molecule has 3 aromatic rings. The summed E-state index contributed by atoms with van der Waals surface area (Å²) < 4.78 is 13.7. The third-order valence-electron chi connectivity index (χ3n) is 4.61. The highest BCUT2D eigenvalue weighted by Gasteiger charge is 2.37. The molecule has 0 aliphatic heterocycles. The summed E-state index contributed by atoms with van der Waals surface area (Å²) in [6, 6.07) is 3.70. The SMILES string of the molecule is CC(C)(C)[Si](C)(C)OCc1ccc(-n2cnc3c(=O)[nH]cnc32)o1. The molecule has 0 bridgehead atoms. The van der Waals surface area contributed by atoms with Crippen molar-refractivity contribution in [1.29, 1.82) is 0 Å². The second-order valence-corrected chi connectivity index (χ2v) is 12.1. The number of nitrogens with one attached hydrogen (secondary N) is 1. The summed E-state index contributed by atoms with van der Waals surface area (Å²) in [5.74, 6) is 1.30. The van der Waals surface area contributed by atoms with Gasteiger partial charge in [0.15, 0.2) is 19.5 Å². The van der Waals surface area contributed by atoms with Gasteiger partial charge in [0, 0.05) is 6.07 Å². The van der Waals surface area contributed by atoms with Crippen molar-refractivity contribution in [2.75, 3.05) is 0 Å². The minimum atomic E-state index is -1.83. The van der Waals surface area contributed by atoms with E-state index < -0.39 is 8.32 Å². The first kappa shape index (κ1) is 16.7. The zero-order valence-corrected chi connectivity index (χ0v) is 15.6. The Morgan fingerprint density at radius 3 is 2.75 bits per heavy atom. The lowest BCUT2D eigenvalue weighted by atomic mass is 10.2. The Bertz CT molecular complexity index is 917. The molecule has 0 atom stereocenters. The second kappa shape index (κ2) is 5.71. The lowest BCUT2D eigenvalue weighted by Crippen LogP contribution is -2.40. The van der Waals surface area contributed by atoms with E-state index in [0.717, 1.165) is 5.76 Å². The van der Waals surface area contributed by atoms with Crippen LogP contribution >= 0.6 is 0 Å². The first-order chi connectivity index (χ1) is 11.2. The minimum Gasteiger partial charge on any atom is -0.442 e. The van der Waals surface area contributed by atoms with Crippen molar-refractivity contribution < 1.29 is 8.84 Å². The molecule has 0 aliphatic rings. The summed E-state index contributed by atoms with van der Waals surface area (Å²) >= 11 is 0. The Hall–Kier alpha value is -2.19. The molecule has 7 nitrogen and oxygen atoms in total. The van der Waals surface area contributed by atoms with Crippen molar-refractivity contribution in [3.8, 4) is 5.88 Å². The van der Waals surface area contributed by atoms with E-state index in [1.165, 1.54) is 12.7 Å². The Labute approximate surface area is 140 Å². The fourth-order valence-electron chi connectivity index (χ4n) is 2.05. The lowest BCUT2D eigenvalue weighted by molar-refractivity contribution is 0.245. The van der Waals surface area contributed by atoms with E-state index in [4.69, 9.17) is 8.84 Å². The van der Waals surface area contributed by atoms with Gasteiger partial charge in [-0.2, -0.15) is 0 Å². The number of rotatable bonds is 4. The van der Waals surface area contributed by atoms with Gasteiger partial charge in [-0.3, -0.25) is 9.36 Å². The van der Waals surface area contributed by atoms with Crippen LogP contribution in [0.25, 0.3) is 17.0 Å². The molecule has 0 amide bonds. The van der Waals surface area contributed by atoms with Crippen molar-refractivity contribution in [3.63, 3.8) is 0 Å². The van der Waals surface area contributed by atoms with E-state index in [1.807, 2.05) is 12.1 Å². The van der Waals surface area contributed by atoms with Crippen LogP contribution in [0.5, 0.6) is 0 Å².